The summed E-state index contributed by atoms with van der Waals surface area (Å²) in [5.41, 5.74) is 4.87. The minimum absolute atomic E-state index is 0.0957. The fourth-order valence-electron chi connectivity index (χ4n) is 2.72. The number of hydrogen-bond acceptors (Lipinski definition) is 3. The molecule has 3 amide bonds. The molecule has 2 aromatic carbocycles. The lowest BCUT2D eigenvalue weighted by Crippen LogP contribution is -2.20. The van der Waals surface area contributed by atoms with Gasteiger partial charge in [0.1, 0.15) is 11.6 Å². The summed E-state index contributed by atoms with van der Waals surface area (Å²) < 4.78 is 27.2. The van der Waals surface area contributed by atoms with Crippen LogP contribution in [-0.4, -0.2) is 17.7 Å². The van der Waals surface area contributed by atoms with Crippen molar-refractivity contribution < 1.29 is 23.2 Å². The quantitative estimate of drug-likeness (QED) is 0.751. The molecule has 0 spiro atoms. The maximum Gasteiger partial charge on any atom is 0.257 e. The van der Waals surface area contributed by atoms with Crippen LogP contribution in [0.5, 0.6) is 0 Å². The Balaban J connectivity index is 1.84. The SMILES string of the molecule is C[C@H]1C[C@H]1C(=O)Nc1ccc(F)cc1C(=O)Nc1ccc(F)c(C(N)=O)c1. The van der Waals surface area contributed by atoms with Gasteiger partial charge in [-0.05, 0) is 48.7 Å². The molecule has 4 N–H and O–H groups in total. The number of nitrogens with one attached hydrogen (secondary N) is 2. The molecule has 1 aliphatic carbocycles. The smallest absolute Gasteiger partial charge is 0.257 e. The van der Waals surface area contributed by atoms with E-state index >= 15 is 0 Å². The topological polar surface area (TPSA) is 101 Å². The highest BCUT2D eigenvalue weighted by atomic mass is 19.1. The first kappa shape index (κ1) is 18.5. The van der Waals surface area contributed by atoms with E-state index in [1.165, 1.54) is 12.1 Å². The van der Waals surface area contributed by atoms with Crippen LogP contribution in [0.3, 0.4) is 0 Å². The van der Waals surface area contributed by atoms with Gasteiger partial charge in [0.2, 0.25) is 5.91 Å². The van der Waals surface area contributed by atoms with Crippen molar-refractivity contribution in [3.05, 3.63) is 59.2 Å². The van der Waals surface area contributed by atoms with Gasteiger partial charge in [-0.15, -0.1) is 0 Å². The van der Waals surface area contributed by atoms with Gasteiger partial charge >= 0.3 is 0 Å². The van der Waals surface area contributed by atoms with Crippen molar-refractivity contribution in [3.8, 4) is 0 Å². The van der Waals surface area contributed by atoms with E-state index in [0.717, 1.165) is 30.7 Å². The average molecular weight is 373 g/mol. The molecule has 2 aromatic rings. The zero-order chi connectivity index (χ0) is 19.7. The lowest BCUT2D eigenvalue weighted by atomic mass is 10.1. The Morgan fingerprint density at radius 2 is 1.74 bits per heavy atom. The number of rotatable bonds is 5. The first-order valence-corrected chi connectivity index (χ1v) is 8.27. The number of amides is 3. The fourth-order valence-corrected chi connectivity index (χ4v) is 2.72. The number of halogens is 2. The Labute approximate surface area is 153 Å². The highest BCUT2D eigenvalue weighted by Crippen LogP contribution is 2.38. The third-order valence-electron chi connectivity index (χ3n) is 4.42. The van der Waals surface area contributed by atoms with E-state index < -0.39 is 23.4 Å². The van der Waals surface area contributed by atoms with Crippen LogP contribution in [0.15, 0.2) is 36.4 Å². The Kier molecular flexibility index (Phi) is 4.89. The first-order chi connectivity index (χ1) is 12.8. The summed E-state index contributed by atoms with van der Waals surface area (Å²) in [7, 11) is 0. The van der Waals surface area contributed by atoms with E-state index in [0.29, 0.717) is 0 Å². The van der Waals surface area contributed by atoms with E-state index in [4.69, 9.17) is 5.73 Å². The normalized spacial score (nSPS) is 17.9. The third kappa shape index (κ3) is 4.11. The zero-order valence-corrected chi connectivity index (χ0v) is 14.4. The lowest BCUT2D eigenvalue weighted by molar-refractivity contribution is -0.117. The van der Waals surface area contributed by atoms with Gasteiger partial charge in [0.25, 0.3) is 11.8 Å². The molecule has 6 nitrogen and oxygen atoms in total. The van der Waals surface area contributed by atoms with Crippen molar-refractivity contribution in [2.45, 2.75) is 13.3 Å². The van der Waals surface area contributed by atoms with E-state index in [1.54, 1.807) is 0 Å². The number of benzene rings is 2. The number of anilines is 2. The summed E-state index contributed by atoms with van der Waals surface area (Å²) in [6, 6.07) is 6.72. The molecular formula is C19H17F2N3O3. The predicted octanol–water partition coefficient (Wildman–Crippen LogP) is 2.91. The standard InChI is InChI=1S/C19H17F2N3O3/c1-9-6-12(9)18(26)24-16-5-2-10(20)7-14(16)19(27)23-11-3-4-15(21)13(8-11)17(22)25/h2-5,7-9,12H,6H2,1H3,(H2,22,25)(H,23,27)(H,24,26)/t9-,12+/m0/s1. The number of primary amides is 1. The molecule has 0 heterocycles. The molecule has 2 atom stereocenters. The molecule has 1 aliphatic rings. The minimum Gasteiger partial charge on any atom is -0.366 e. The number of carbonyl (C=O) groups excluding carboxylic acids is 3. The Hall–Kier alpha value is -3.29. The predicted molar refractivity (Wildman–Crippen MR) is 95.2 cm³/mol. The Morgan fingerprint density at radius 3 is 2.37 bits per heavy atom. The van der Waals surface area contributed by atoms with Gasteiger partial charge in [-0.25, -0.2) is 8.78 Å². The van der Waals surface area contributed by atoms with Crippen molar-refractivity contribution in [2.24, 2.45) is 17.6 Å². The van der Waals surface area contributed by atoms with Crippen LogP contribution in [0.4, 0.5) is 20.2 Å². The molecule has 0 bridgehead atoms. The summed E-state index contributed by atoms with van der Waals surface area (Å²) in [5, 5.41) is 5.08. The molecule has 0 saturated heterocycles. The van der Waals surface area contributed by atoms with Crippen LogP contribution in [0.1, 0.15) is 34.1 Å². The monoisotopic (exact) mass is 373 g/mol. The molecule has 0 unspecified atom stereocenters. The van der Waals surface area contributed by atoms with Crippen LogP contribution < -0.4 is 16.4 Å². The van der Waals surface area contributed by atoms with Gasteiger partial charge in [-0.1, -0.05) is 6.92 Å². The molecule has 3 rings (SSSR count). The third-order valence-corrected chi connectivity index (χ3v) is 4.42. The van der Waals surface area contributed by atoms with Crippen LogP contribution in [-0.2, 0) is 4.79 Å². The summed E-state index contributed by atoms with van der Waals surface area (Å²) in [6.07, 6.45) is 0.764. The molecule has 140 valence electrons. The van der Waals surface area contributed by atoms with Gasteiger partial charge < -0.3 is 16.4 Å². The molecular weight excluding hydrogens is 356 g/mol. The van der Waals surface area contributed by atoms with Crippen LogP contribution in [0, 0.1) is 23.5 Å². The zero-order valence-electron chi connectivity index (χ0n) is 14.4. The van der Waals surface area contributed by atoms with E-state index in [1.807, 2.05) is 6.92 Å². The molecule has 8 heteroatoms. The first-order valence-electron chi connectivity index (χ1n) is 8.27. The summed E-state index contributed by atoms with van der Waals surface area (Å²) in [4.78, 5) is 35.9. The number of hydrogen-bond donors (Lipinski definition) is 3. The highest BCUT2D eigenvalue weighted by molar-refractivity contribution is 6.10. The molecule has 27 heavy (non-hydrogen) atoms. The van der Waals surface area contributed by atoms with Gasteiger partial charge in [0, 0.05) is 11.6 Å². The second kappa shape index (κ2) is 7.14. The van der Waals surface area contributed by atoms with Crippen molar-refractivity contribution in [1.82, 2.24) is 0 Å². The van der Waals surface area contributed by atoms with E-state index in [9.17, 15) is 23.2 Å². The van der Waals surface area contributed by atoms with E-state index in [2.05, 4.69) is 10.6 Å². The van der Waals surface area contributed by atoms with Crippen LogP contribution >= 0.6 is 0 Å². The van der Waals surface area contributed by atoms with Crippen molar-refractivity contribution >= 4 is 29.1 Å². The largest absolute Gasteiger partial charge is 0.366 e. The second-order valence-electron chi connectivity index (χ2n) is 6.51. The van der Waals surface area contributed by atoms with Gasteiger partial charge in [0.05, 0.1) is 16.8 Å². The molecule has 0 aliphatic heterocycles. The molecule has 0 aromatic heterocycles. The fraction of sp³-hybridized carbons (Fsp3) is 0.211. The van der Waals surface area contributed by atoms with Gasteiger partial charge in [-0.2, -0.15) is 0 Å². The average Bonchev–Trinajstić information content (AvgIpc) is 3.34. The Morgan fingerprint density at radius 1 is 1.04 bits per heavy atom. The molecule has 1 saturated carbocycles. The van der Waals surface area contributed by atoms with Gasteiger partial charge in [-0.3, -0.25) is 14.4 Å². The van der Waals surface area contributed by atoms with Crippen molar-refractivity contribution in [3.63, 3.8) is 0 Å². The molecule has 1 fully saturated rings. The van der Waals surface area contributed by atoms with Gasteiger partial charge in [0.15, 0.2) is 0 Å². The summed E-state index contributed by atoms with van der Waals surface area (Å²) in [6.45, 7) is 1.94. The molecule has 0 radical (unpaired) electrons. The number of nitrogens with two attached hydrogens (primary N) is 1. The Bertz CT molecular complexity index is 946. The van der Waals surface area contributed by atoms with Crippen LogP contribution in [0.2, 0.25) is 0 Å². The second-order valence-corrected chi connectivity index (χ2v) is 6.51. The summed E-state index contributed by atoms with van der Waals surface area (Å²) >= 11 is 0. The lowest BCUT2D eigenvalue weighted by Gasteiger charge is -2.12. The maximum absolute atomic E-state index is 13.6. The highest BCUT2D eigenvalue weighted by Gasteiger charge is 2.39. The minimum atomic E-state index is -0.985. The van der Waals surface area contributed by atoms with Crippen molar-refractivity contribution in [1.29, 1.82) is 0 Å². The maximum atomic E-state index is 13.6. The van der Waals surface area contributed by atoms with Crippen LogP contribution in [0.25, 0.3) is 0 Å². The van der Waals surface area contributed by atoms with E-state index in [-0.39, 0.29) is 40.2 Å². The van der Waals surface area contributed by atoms with Crippen molar-refractivity contribution in [2.75, 3.05) is 10.6 Å². The number of carbonyl (C=O) groups is 3. The summed E-state index contributed by atoms with van der Waals surface area (Å²) in [5.74, 6) is -3.28.